The Kier molecular flexibility index (Phi) is 3.45. The topological polar surface area (TPSA) is 59.8 Å². The van der Waals surface area contributed by atoms with Gasteiger partial charge in [-0.15, -0.1) is 5.10 Å². The first-order valence-corrected chi connectivity index (χ1v) is 8.66. The van der Waals surface area contributed by atoms with Crippen LogP contribution in [0, 0.1) is 11.7 Å². The Hall–Kier alpha value is -2.15. The van der Waals surface area contributed by atoms with Gasteiger partial charge in [0.15, 0.2) is 0 Å². The number of hydrogen-bond acceptors (Lipinski definition) is 5. The lowest BCUT2D eigenvalue weighted by Crippen LogP contribution is -2.39. The second kappa shape index (κ2) is 5.49. The summed E-state index contributed by atoms with van der Waals surface area (Å²) in [6, 6.07) is 6.06. The third kappa shape index (κ3) is 2.26. The summed E-state index contributed by atoms with van der Waals surface area (Å²) >= 11 is 1.42. The largest absolute Gasteiger partial charge is 0.328 e. The fourth-order valence-corrected chi connectivity index (χ4v) is 3.61. The van der Waals surface area contributed by atoms with E-state index in [1.54, 1.807) is 22.9 Å². The average molecular weight is 330 g/mol. The maximum atomic E-state index is 14.4. The van der Waals surface area contributed by atoms with E-state index in [0.29, 0.717) is 29.5 Å². The Morgan fingerprint density at radius 1 is 1.39 bits per heavy atom. The lowest BCUT2D eigenvalue weighted by Gasteiger charge is -2.36. The number of fused-ring (bicyclic) bond motifs is 2. The summed E-state index contributed by atoms with van der Waals surface area (Å²) in [7, 11) is 0. The summed E-state index contributed by atoms with van der Waals surface area (Å²) in [4.78, 5) is 17.0. The molecule has 0 unspecified atom stereocenters. The van der Waals surface area contributed by atoms with E-state index in [9.17, 15) is 9.18 Å². The maximum Gasteiger partial charge on any atom is 0.227 e. The van der Waals surface area contributed by atoms with Crippen molar-refractivity contribution in [1.82, 2.24) is 14.8 Å². The SMILES string of the molecule is CSc1nc2n(n1)[C@H](c1ccccc1F)[C@H]1C(=O)CCC=C1N2. The van der Waals surface area contributed by atoms with Crippen LogP contribution in [0.2, 0.25) is 0 Å². The van der Waals surface area contributed by atoms with Gasteiger partial charge >= 0.3 is 0 Å². The van der Waals surface area contributed by atoms with Gasteiger partial charge in [0.25, 0.3) is 0 Å². The molecule has 1 aromatic carbocycles. The number of anilines is 1. The number of carbonyl (C=O) groups excluding carboxylic acids is 1. The molecule has 2 atom stereocenters. The first-order chi connectivity index (χ1) is 11.2. The van der Waals surface area contributed by atoms with Crippen LogP contribution < -0.4 is 5.32 Å². The number of ketones is 1. The van der Waals surface area contributed by atoms with Crippen LogP contribution in [0.1, 0.15) is 24.4 Å². The highest BCUT2D eigenvalue weighted by Gasteiger charge is 2.42. The Labute approximate surface area is 137 Å². The van der Waals surface area contributed by atoms with Gasteiger partial charge in [-0.25, -0.2) is 9.07 Å². The lowest BCUT2D eigenvalue weighted by atomic mass is 9.80. The van der Waals surface area contributed by atoms with Crippen molar-refractivity contribution >= 4 is 23.5 Å². The number of aromatic nitrogens is 3. The molecule has 0 saturated carbocycles. The zero-order valence-corrected chi connectivity index (χ0v) is 13.3. The molecule has 0 radical (unpaired) electrons. The summed E-state index contributed by atoms with van der Waals surface area (Å²) in [5, 5.41) is 8.25. The number of allylic oxidation sites excluding steroid dienone is 2. The fraction of sp³-hybridized carbons (Fsp3) is 0.312. The number of carbonyl (C=O) groups is 1. The third-order valence-corrected chi connectivity index (χ3v) is 4.83. The predicted molar refractivity (Wildman–Crippen MR) is 85.8 cm³/mol. The van der Waals surface area contributed by atoms with Gasteiger partial charge in [0.05, 0.1) is 12.0 Å². The molecule has 0 spiro atoms. The quantitative estimate of drug-likeness (QED) is 0.858. The van der Waals surface area contributed by atoms with Crippen molar-refractivity contribution in [2.75, 3.05) is 11.6 Å². The highest BCUT2D eigenvalue weighted by molar-refractivity contribution is 7.98. The summed E-state index contributed by atoms with van der Waals surface area (Å²) in [5.74, 6) is -0.108. The van der Waals surface area contributed by atoms with Crippen LogP contribution in [0.15, 0.2) is 41.2 Å². The normalized spacial score (nSPS) is 22.9. The van der Waals surface area contributed by atoms with E-state index in [4.69, 9.17) is 0 Å². The standard InChI is InChI=1S/C16H15FN4OS/c1-23-16-19-15-18-11-7-4-8-12(22)13(11)14(21(15)20-16)9-5-2-3-6-10(9)17/h2-3,5-7,13-14H,4,8H2,1H3,(H,18,19,20)/t13-,14-/m1/s1. The number of Topliss-reactive ketones (excluding diaryl/α,β-unsaturated/α-hetero) is 1. The van der Waals surface area contributed by atoms with E-state index in [1.165, 1.54) is 17.8 Å². The molecule has 23 heavy (non-hydrogen) atoms. The molecule has 1 aliphatic heterocycles. The Morgan fingerprint density at radius 2 is 2.22 bits per heavy atom. The molecule has 2 heterocycles. The minimum Gasteiger partial charge on any atom is -0.328 e. The number of rotatable bonds is 2. The van der Waals surface area contributed by atoms with E-state index in [2.05, 4.69) is 15.4 Å². The molecule has 1 aromatic heterocycles. The van der Waals surface area contributed by atoms with Gasteiger partial charge < -0.3 is 5.32 Å². The third-order valence-electron chi connectivity index (χ3n) is 4.29. The molecule has 7 heteroatoms. The Balaban J connectivity index is 1.94. The fourth-order valence-electron chi connectivity index (χ4n) is 3.27. The van der Waals surface area contributed by atoms with Crippen molar-refractivity contribution in [2.24, 2.45) is 5.92 Å². The van der Waals surface area contributed by atoms with Crippen molar-refractivity contribution in [3.63, 3.8) is 0 Å². The number of halogens is 1. The van der Waals surface area contributed by atoms with Crippen LogP contribution in [-0.2, 0) is 4.79 Å². The van der Waals surface area contributed by atoms with Gasteiger partial charge in [-0.1, -0.05) is 36.0 Å². The number of thioether (sulfide) groups is 1. The molecule has 4 rings (SSSR count). The summed E-state index contributed by atoms with van der Waals surface area (Å²) in [5.41, 5.74) is 1.28. The average Bonchev–Trinajstić information content (AvgIpc) is 2.97. The van der Waals surface area contributed by atoms with Crippen LogP contribution in [0.25, 0.3) is 0 Å². The minimum absolute atomic E-state index is 0.107. The van der Waals surface area contributed by atoms with Crippen molar-refractivity contribution in [2.45, 2.75) is 24.0 Å². The molecule has 0 amide bonds. The van der Waals surface area contributed by atoms with Gasteiger partial charge in [0.2, 0.25) is 11.1 Å². The molecule has 1 N–H and O–H groups in total. The summed E-state index contributed by atoms with van der Waals surface area (Å²) < 4.78 is 16.1. The van der Waals surface area contributed by atoms with Crippen molar-refractivity contribution in [3.8, 4) is 0 Å². The molecule has 2 aliphatic rings. The second-order valence-corrected chi connectivity index (χ2v) is 6.37. The number of nitrogens with one attached hydrogen (secondary N) is 1. The predicted octanol–water partition coefficient (Wildman–Crippen LogP) is 3.02. The molecule has 0 fully saturated rings. The van der Waals surface area contributed by atoms with Crippen LogP contribution in [-0.4, -0.2) is 26.8 Å². The lowest BCUT2D eigenvalue weighted by molar-refractivity contribution is -0.123. The van der Waals surface area contributed by atoms with Crippen molar-refractivity contribution in [3.05, 3.63) is 47.4 Å². The molecule has 0 saturated heterocycles. The second-order valence-electron chi connectivity index (χ2n) is 5.60. The number of hydrogen-bond donors (Lipinski definition) is 1. The zero-order valence-electron chi connectivity index (χ0n) is 12.5. The minimum atomic E-state index is -0.500. The Bertz CT molecular complexity index is 816. The van der Waals surface area contributed by atoms with E-state index in [-0.39, 0.29) is 11.6 Å². The maximum absolute atomic E-state index is 14.4. The highest BCUT2D eigenvalue weighted by Crippen LogP contribution is 2.42. The molecule has 5 nitrogen and oxygen atoms in total. The summed E-state index contributed by atoms with van der Waals surface area (Å²) in [6.45, 7) is 0. The molecule has 2 aromatic rings. The number of benzene rings is 1. The molecular formula is C16H15FN4OS. The van der Waals surface area contributed by atoms with Gasteiger partial charge in [0.1, 0.15) is 11.6 Å². The van der Waals surface area contributed by atoms with E-state index in [0.717, 1.165) is 5.70 Å². The first kappa shape index (κ1) is 14.4. The summed E-state index contributed by atoms with van der Waals surface area (Å²) in [6.07, 6.45) is 5.07. The highest BCUT2D eigenvalue weighted by atomic mass is 32.2. The van der Waals surface area contributed by atoms with E-state index >= 15 is 0 Å². The molecular weight excluding hydrogens is 315 g/mol. The van der Waals surface area contributed by atoms with Crippen LogP contribution in [0.3, 0.4) is 0 Å². The van der Waals surface area contributed by atoms with E-state index in [1.807, 2.05) is 12.3 Å². The number of nitrogens with zero attached hydrogens (tertiary/aromatic N) is 3. The van der Waals surface area contributed by atoms with Crippen molar-refractivity contribution in [1.29, 1.82) is 0 Å². The molecule has 118 valence electrons. The van der Waals surface area contributed by atoms with Gasteiger partial charge in [0, 0.05) is 17.7 Å². The van der Waals surface area contributed by atoms with Gasteiger partial charge in [-0.05, 0) is 18.7 Å². The van der Waals surface area contributed by atoms with Crippen LogP contribution in [0.5, 0.6) is 0 Å². The monoisotopic (exact) mass is 330 g/mol. The smallest absolute Gasteiger partial charge is 0.227 e. The van der Waals surface area contributed by atoms with Crippen LogP contribution >= 0.6 is 11.8 Å². The van der Waals surface area contributed by atoms with Crippen LogP contribution in [0.4, 0.5) is 10.3 Å². The van der Waals surface area contributed by atoms with Gasteiger partial charge in [-0.3, -0.25) is 4.79 Å². The Morgan fingerprint density at radius 3 is 3.00 bits per heavy atom. The van der Waals surface area contributed by atoms with Gasteiger partial charge in [-0.2, -0.15) is 4.98 Å². The first-order valence-electron chi connectivity index (χ1n) is 7.44. The molecule has 1 aliphatic carbocycles. The zero-order chi connectivity index (χ0) is 16.0. The molecule has 0 bridgehead atoms. The van der Waals surface area contributed by atoms with E-state index < -0.39 is 12.0 Å². The van der Waals surface area contributed by atoms with Crippen molar-refractivity contribution < 1.29 is 9.18 Å².